The number of hydrogen-bond donors (Lipinski definition) is 2. The van der Waals surface area contributed by atoms with Crippen LogP contribution in [0.5, 0.6) is 0 Å². The van der Waals surface area contributed by atoms with Gasteiger partial charge in [-0.3, -0.25) is 0 Å². The Morgan fingerprint density at radius 1 is 1.06 bits per heavy atom. The molecule has 2 saturated carbocycles. The fraction of sp³-hybridized carbons (Fsp3) is 1.00. The average Bonchev–Trinajstić information content (AvgIpc) is 2.75. The van der Waals surface area contributed by atoms with Crippen LogP contribution in [0.25, 0.3) is 0 Å². The molecular formula is C16H30N2. The molecule has 1 aliphatic heterocycles. The summed E-state index contributed by atoms with van der Waals surface area (Å²) < 4.78 is 0. The lowest BCUT2D eigenvalue weighted by Crippen LogP contribution is -2.38. The fourth-order valence-electron chi connectivity index (χ4n) is 4.75. The largest absolute Gasteiger partial charge is 0.315 e. The Morgan fingerprint density at radius 3 is 2.44 bits per heavy atom. The van der Waals surface area contributed by atoms with Gasteiger partial charge in [-0.05, 0) is 54.5 Å². The highest BCUT2D eigenvalue weighted by Crippen LogP contribution is 2.67. The minimum absolute atomic E-state index is 0.527. The van der Waals surface area contributed by atoms with Crippen LogP contribution in [0.2, 0.25) is 0 Å². The molecule has 18 heavy (non-hydrogen) atoms. The van der Waals surface area contributed by atoms with E-state index in [9.17, 15) is 0 Å². The normalized spacial score (nSPS) is 41.0. The van der Waals surface area contributed by atoms with E-state index in [1.807, 2.05) is 0 Å². The summed E-state index contributed by atoms with van der Waals surface area (Å²) in [5, 5.41) is 7.48. The minimum atomic E-state index is 0.527. The van der Waals surface area contributed by atoms with E-state index in [2.05, 4.69) is 38.3 Å². The van der Waals surface area contributed by atoms with Crippen LogP contribution in [-0.4, -0.2) is 25.7 Å². The quantitative estimate of drug-likeness (QED) is 0.801. The van der Waals surface area contributed by atoms with E-state index < -0.39 is 0 Å². The molecule has 0 aromatic heterocycles. The first-order chi connectivity index (χ1) is 8.44. The van der Waals surface area contributed by atoms with Crippen molar-refractivity contribution < 1.29 is 0 Å². The number of rotatable bonds is 4. The summed E-state index contributed by atoms with van der Waals surface area (Å²) >= 11 is 0. The Kier molecular flexibility index (Phi) is 3.02. The molecule has 0 amide bonds. The highest BCUT2D eigenvalue weighted by atomic mass is 15.0. The monoisotopic (exact) mass is 250 g/mol. The maximum Gasteiger partial charge on any atom is 0.0223 e. The van der Waals surface area contributed by atoms with E-state index in [0.717, 1.165) is 23.8 Å². The minimum Gasteiger partial charge on any atom is -0.315 e. The average molecular weight is 250 g/mol. The van der Waals surface area contributed by atoms with E-state index in [1.54, 1.807) is 0 Å². The van der Waals surface area contributed by atoms with Crippen molar-refractivity contribution >= 4 is 0 Å². The Bertz CT molecular complexity index is 307. The van der Waals surface area contributed by atoms with Gasteiger partial charge in [0.2, 0.25) is 0 Å². The molecule has 2 N–H and O–H groups in total. The summed E-state index contributed by atoms with van der Waals surface area (Å²) in [7, 11) is 0. The predicted octanol–water partition coefficient (Wildman–Crippen LogP) is 2.65. The molecule has 3 unspecified atom stereocenters. The number of nitrogens with one attached hydrogen (secondary N) is 2. The molecule has 1 saturated heterocycles. The van der Waals surface area contributed by atoms with Crippen LogP contribution in [0.15, 0.2) is 0 Å². The van der Waals surface area contributed by atoms with Crippen molar-refractivity contribution in [2.75, 3.05) is 19.6 Å². The van der Waals surface area contributed by atoms with Gasteiger partial charge in [0.1, 0.15) is 0 Å². The second-order valence-electron chi connectivity index (χ2n) is 8.02. The van der Waals surface area contributed by atoms with Crippen LogP contribution in [-0.2, 0) is 0 Å². The lowest BCUT2D eigenvalue weighted by atomic mass is 9.94. The maximum absolute atomic E-state index is 3.75. The maximum atomic E-state index is 3.75. The fourth-order valence-corrected chi connectivity index (χ4v) is 4.75. The van der Waals surface area contributed by atoms with Gasteiger partial charge >= 0.3 is 0 Å². The van der Waals surface area contributed by atoms with Gasteiger partial charge in [-0.15, -0.1) is 0 Å². The number of fused-ring (bicyclic) bond motifs is 1. The molecule has 0 aromatic carbocycles. The lowest BCUT2D eigenvalue weighted by molar-refractivity contribution is 0.385. The molecule has 0 radical (unpaired) electrons. The predicted molar refractivity (Wildman–Crippen MR) is 76.5 cm³/mol. The summed E-state index contributed by atoms with van der Waals surface area (Å²) in [6.45, 7) is 13.3. The highest BCUT2D eigenvalue weighted by Gasteiger charge is 2.63. The zero-order chi connectivity index (χ0) is 13.0. The van der Waals surface area contributed by atoms with Gasteiger partial charge in [-0.2, -0.15) is 0 Å². The molecule has 104 valence electrons. The van der Waals surface area contributed by atoms with Gasteiger partial charge < -0.3 is 10.6 Å². The van der Waals surface area contributed by atoms with Gasteiger partial charge in [0.25, 0.3) is 0 Å². The smallest absolute Gasteiger partial charge is 0.0223 e. The van der Waals surface area contributed by atoms with Crippen molar-refractivity contribution in [2.24, 2.45) is 28.6 Å². The van der Waals surface area contributed by atoms with Crippen LogP contribution < -0.4 is 10.6 Å². The summed E-state index contributed by atoms with van der Waals surface area (Å²) in [5.74, 6) is 2.81. The summed E-state index contributed by atoms with van der Waals surface area (Å²) in [4.78, 5) is 0. The second-order valence-corrected chi connectivity index (χ2v) is 8.02. The van der Waals surface area contributed by atoms with Crippen molar-refractivity contribution in [3.05, 3.63) is 0 Å². The molecule has 3 aliphatic rings. The zero-order valence-corrected chi connectivity index (χ0v) is 12.6. The third kappa shape index (κ3) is 1.84. The lowest BCUT2D eigenvalue weighted by Gasteiger charge is -2.19. The van der Waals surface area contributed by atoms with Crippen molar-refractivity contribution in [1.29, 1.82) is 0 Å². The van der Waals surface area contributed by atoms with Crippen molar-refractivity contribution in [3.63, 3.8) is 0 Å². The third-order valence-corrected chi connectivity index (χ3v) is 6.91. The van der Waals surface area contributed by atoms with Crippen molar-refractivity contribution in [2.45, 2.75) is 53.0 Å². The first-order valence-electron chi connectivity index (χ1n) is 7.88. The molecule has 3 fully saturated rings. The van der Waals surface area contributed by atoms with E-state index in [0.29, 0.717) is 10.8 Å². The van der Waals surface area contributed by atoms with Gasteiger partial charge in [0.05, 0.1) is 0 Å². The summed E-state index contributed by atoms with van der Waals surface area (Å²) in [5.41, 5.74) is 1.05. The Labute approximate surface area is 112 Å². The van der Waals surface area contributed by atoms with Crippen LogP contribution >= 0.6 is 0 Å². The molecule has 3 rings (SSSR count). The first kappa shape index (κ1) is 12.9. The van der Waals surface area contributed by atoms with E-state index >= 15 is 0 Å². The van der Waals surface area contributed by atoms with Gasteiger partial charge in [-0.25, -0.2) is 0 Å². The first-order valence-corrected chi connectivity index (χ1v) is 7.88. The Balaban J connectivity index is 1.44. The molecule has 0 bridgehead atoms. The standard InChI is InChI=1S/C16H30N2/c1-15(2)14(16(15,3)4)10-17-9-13-12-7-5-6-11(12)8-18-13/h11-14,17-18H,5-10H2,1-4H3. The van der Waals surface area contributed by atoms with Crippen LogP contribution in [0.3, 0.4) is 0 Å². The van der Waals surface area contributed by atoms with E-state index in [-0.39, 0.29) is 0 Å². The van der Waals surface area contributed by atoms with Gasteiger partial charge in [-0.1, -0.05) is 34.1 Å². The van der Waals surface area contributed by atoms with E-state index in [1.165, 1.54) is 38.9 Å². The Morgan fingerprint density at radius 2 is 1.78 bits per heavy atom. The van der Waals surface area contributed by atoms with Gasteiger partial charge in [0, 0.05) is 12.6 Å². The van der Waals surface area contributed by atoms with Crippen LogP contribution in [0.4, 0.5) is 0 Å². The highest BCUT2D eigenvalue weighted by molar-refractivity contribution is 5.13. The summed E-state index contributed by atoms with van der Waals surface area (Å²) in [6.07, 6.45) is 4.40. The van der Waals surface area contributed by atoms with Crippen molar-refractivity contribution in [3.8, 4) is 0 Å². The van der Waals surface area contributed by atoms with E-state index in [4.69, 9.17) is 0 Å². The molecule has 0 aromatic rings. The number of hydrogen-bond acceptors (Lipinski definition) is 2. The zero-order valence-electron chi connectivity index (χ0n) is 12.6. The molecule has 1 heterocycles. The molecule has 2 nitrogen and oxygen atoms in total. The summed E-state index contributed by atoms with van der Waals surface area (Å²) in [6, 6.07) is 0.752. The van der Waals surface area contributed by atoms with Crippen LogP contribution in [0.1, 0.15) is 47.0 Å². The SMILES string of the molecule is CC1(C)C(CNCC2NCC3CCCC32)C1(C)C. The molecular weight excluding hydrogens is 220 g/mol. The van der Waals surface area contributed by atoms with Crippen LogP contribution in [0, 0.1) is 28.6 Å². The molecule has 2 heteroatoms. The van der Waals surface area contributed by atoms with Crippen molar-refractivity contribution in [1.82, 2.24) is 10.6 Å². The molecule has 2 aliphatic carbocycles. The molecule has 3 atom stereocenters. The Hall–Kier alpha value is -0.0800. The second kappa shape index (κ2) is 4.21. The third-order valence-electron chi connectivity index (χ3n) is 6.91. The van der Waals surface area contributed by atoms with Gasteiger partial charge in [0.15, 0.2) is 0 Å². The molecule has 0 spiro atoms. The topological polar surface area (TPSA) is 24.1 Å².